The van der Waals surface area contributed by atoms with Crippen LogP contribution in [-0.2, 0) is 10.0 Å². The van der Waals surface area contributed by atoms with Gasteiger partial charge in [-0.2, -0.15) is 0 Å². The van der Waals surface area contributed by atoms with Crippen molar-refractivity contribution in [2.45, 2.75) is 17.7 Å². The summed E-state index contributed by atoms with van der Waals surface area (Å²) >= 11 is 0. The zero-order valence-electron chi connectivity index (χ0n) is 13.2. The van der Waals surface area contributed by atoms with E-state index in [1.165, 1.54) is 13.2 Å². The van der Waals surface area contributed by atoms with Crippen molar-refractivity contribution < 1.29 is 18.1 Å². The minimum atomic E-state index is -3.78. The maximum atomic E-state index is 12.4. The van der Waals surface area contributed by atoms with Crippen LogP contribution in [-0.4, -0.2) is 52.0 Å². The van der Waals surface area contributed by atoms with Crippen LogP contribution < -0.4 is 9.46 Å². The number of likely N-dealkylation sites (tertiary alicyclic amines) is 1. The van der Waals surface area contributed by atoms with Crippen molar-refractivity contribution in [2.24, 2.45) is 5.92 Å². The average molecular weight is 343 g/mol. The van der Waals surface area contributed by atoms with Gasteiger partial charge in [-0.15, -0.1) is 0 Å². The molecule has 1 aromatic carbocycles. The van der Waals surface area contributed by atoms with Crippen LogP contribution in [0.4, 0.5) is 5.69 Å². The standard InChI is InChI=1S/C14H21N3O5S/c1-16-7-3-4-11(10-16)9-15-23(20,21)14-6-5-12(17(18)19)8-13(14)22-2/h5-6,8,11,15H,3-4,7,9-10H2,1-2H3. The van der Waals surface area contributed by atoms with Crippen molar-refractivity contribution in [2.75, 3.05) is 33.8 Å². The Bertz CT molecular complexity index is 677. The Morgan fingerprint density at radius 2 is 2.22 bits per heavy atom. The van der Waals surface area contributed by atoms with Crippen molar-refractivity contribution in [3.8, 4) is 5.75 Å². The summed E-state index contributed by atoms with van der Waals surface area (Å²) in [6.07, 6.45) is 2.02. The molecule has 1 heterocycles. The van der Waals surface area contributed by atoms with Crippen LogP contribution in [0.25, 0.3) is 0 Å². The highest BCUT2D eigenvalue weighted by Crippen LogP contribution is 2.28. The zero-order valence-corrected chi connectivity index (χ0v) is 14.0. The summed E-state index contributed by atoms with van der Waals surface area (Å²) in [5.41, 5.74) is -0.213. The van der Waals surface area contributed by atoms with Gasteiger partial charge in [0.2, 0.25) is 10.0 Å². The average Bonchev–Trinajstić information content (AvgIpc) is 2.52. The fourth-order valence-electron chi connectivity index (χ4n) is 2.74. The number of benzene rings is 1. The van der Waals surface area contributed by atoms with Gasteiger partial charge in [-0.1, -0.05) is 0 Å². The van der Waals surface area contributed by atoms with Gasteiger partial charge in [-0.05, 0) is 38.4 Å². The number of sulfonamides is 1. The van der Waals surface area contributed by atoms with E-state index >= 15 is 0 Å². The third-order valence-electron chi connectivity index (χ3n) is 3.93. The predicted molar refractivity (Wildman–Crippen MR) is 85.1 cm³/mol. The molecule has 0 aliphatic carbocycles. The van der Waals surface area contributed by atoms with E-state index in [4.69, 9.17) is 4.74 Å². The Morgan fingerprint density at radius 3 is 2.83 bits per heavy atom. The molecule has 128 valence electrons. The lowest BCUT2D eigenvalue weighted by Crippen LogP contribution is -2.39. The van der Waals surface area contributed by atoms with E-state index < -0.39 is 14.9 Å². The summed E-state index contributed by atoms with van der Waals surface area (Å²) < 4.78 is 32.5. The van der Waals surface area contributed by atoms with E-state index in [9.17, 15) is 18.5 Å². The Labute approximate surface area is 135 Å². The summed E-state index contributed by atoms with van der Waals surface area (Å²) in [7, 11) is -0.479. The maximum absolute atomic E-state index is 12.4. The number of methoxy groups -OCH3 is 1. The number of nitro groups is 1. The van der Waals surface area contributed by atoms with Crippen molar-refractivity contribution >= 4 is 15.7 Å². The number of rotatable bonds is 6. The normalized spacial score (nSPS) is 19.5. The van der Waals surface area contributed by atoms with Gasteiger partial charge in [0.05, 0.1) is 18.1 Å². The smallest absolute Gasteiger partial charge is 0.273 e. The van der Waals surface area contributed by atoms with Gasteiger partial charge in [0, 0.05) is 19.2 Å². The van der Waals surface area contributed by atoms with Crippen LogP contribution in [0, 0.1) is 16.0 Å². The minimum Gasteiger partial charge on any atom is -0.495 e. The largest absolute Gasteiger partial charge is 0.495 e. The first-order chi connectivity index (χ1) is 10.8. The molecule has 0 amide bonds. The number of ether oxygens (including phenoxy) is 1. The minimum absolute atomic E-state index is 0.0348. The third kappa shape index (κ3) is 4.40. The second-order valence-corrected chi connectivity index (χ2v) is 7.45. The van der Waals surface area contributed by atoms with Gasteiger partial charge in [-0.25, -0.2) is 13.1 Å². The molecule has 0 saturated carbocycles. The molecule has 0 aromatic heterocycles. The summed E-state index contributed by atoms with van der Waals surface area (Å²) in [6, 6.07) is 3.47. The summed E-state index contributed by atoms with van der Waals surface area (Å²) in [4.78, 5) is 12.3. The summed E-state index contributed by atoms with van der Waals surface area (Å²) in [6.45, 7) is 2.21. The molecular weight excluding hydrogens is 322 g/mol. The van der Waals surface area contributed by atoms with Gasteiger partial charge in [0.1, 0.15) is 10.6 Å². The van der Waals surface area contributed by atoms with Crippen LogP contribution in [0.3, 0.4) is 0 Å². The van der Waals surface area contributed by atoms with Crippen LogP contribution in [0.15, 0.2) is 23.1 Å². The summed E-state index contributed by atoms with van der Waals surface area (Å²) in [5.74, 6) is 0.222. The molecule has 1 atom stereocenters. The molecule has 1 saturated heterocycles. The molecule has 8 nitrogen and oxygen atoms in total. The first kappa shape index (κ1) is 17.6. The first-order valence-electron chi connectivity index (χ1n) is 7.34. The van der Waals surface area contributed by atoms with E-state index in [0.717, 1.165) is 38.1 Å². The van der Waals surface area contributed by atoms with Crippen LogP contribution in [0.2, 0.25) is 0 Å². The number of nitrogens with zero attached hydrogens (tertiary/aromatic N) is 2. The van der Waals surface area contributed by atoms with Crippen molar-refractivity contribution in [1.29, 1.82) is 0 Å². The van der Waals surface area contributed by atoms with Crippen LogP contribution >= 0.6 is 0 Å². The fraction of sp³-hybridized carbons (Fsp3) is 0.571. The van der Waals surface area contributed by atoms with Crippen molar-refractivity contribution in [1.82, 2.24) is 9.62 Å². The number of non-ortho nitro benzene ring substituents is 1. The number of hydrogen-bond acceptors (Lipinski definition) is 6. The Balaban J connectivity index is 2.14. The molecule has 1 aliphatic rings. The van der Waals surface area contributed by atoms with E-state index in [2.05, 4.69) is 9.62 Å². The monoisotopic (exact) mass is 343 g/mol. The molecule has 0 spiro atoms. The van der Waals surface area contributed by atoms with E-state index in [0.29, 0.717) is 6.54 Å². The molecule has 2 rings (SSSR count). The predicted octanol–water partition coefficient (Wildman–Crippen LogP) is 1.22. The molecule has 1 aromatic rings. The Kier molecular flexibility index (Phi) is 5.55. The molecule has 1 N–H and O–H groups in total. The topological polar surface area (TPSA) is 102 Å². The van der Waals surface area contributed by atoms with E-state index in [-0.39, 0.29) is 22.3 Å². The summed E-state index contributed by atoms with van der Waals surface area (Å²) in [5, 5.41) is 10.8. The molecule has 1 unspecified atom stereocenters. The molecular formula is C14H21N3O5S. The van der Waals surface area contributed by atoms with Crippen LogP contribution in [0.1, 0.15) is 12.8 Å². The van der Waals surface area contributed by atoms with Gasteiger partial charge in [-0.3, -0.25) is 10.1 Å². The van der Waals surface area contributed by atoms with E-state index in [1.807, 2.05) is 7.05 Å². The Hall–Kier alpha value is -1.71. The zero-order chi connectivity index (χ0) is 17.0. The molecule has 0 bridgehead atoms. The lowest BCUT2D eigenvalue weighted by molar-refractivity contribution is -0.385. The molecule has 1 fully saturated rings. The maximum Gasteiger partial charge on any atom is 0.273 e. The fourth-order valence-corrected chi connectivity index (χ4v) is 4.00. The number of nitro benzene ring substituents is 1. The molecule has 1 aliphatic heterocycles. The quantitative estimate of drug-likeness (QED) is 0.615. The van der Waals surface area contributed by atoms with Crippen LogP contribution in [0.5, 0.6) is 5.75 Å². The van der Waals surface area contributed by atoms with E-state index in [1.54, 1.807) is 0 Å². The van der Waals surface area contributed by atoms with Gasteiger partial charge >= 0.3 is 0 Å². The Morgan fingerprint density at radius 1 is 1.48 bits per heavy atom. The molecule has 9 heteroatoms. The van der Waals surface area contributed by atoms with Gasteiger partial charge in [0.15, 0.2) is 0 Å². The SMILES string of the molecule is COc1cc([N+](=O)[O-])ccc1S(=O)(=O)NCC1CCCN(C)C1. The highest BCUT2D eigenvalue weighted by molar-refractivity contribution is 7.89. The highest BCUT2D eigenvalue weighted by atomic mass is 32.2. The van der Waals surface area contributed by atoms with Crippen molar-refractivity contribution in [3.63, 3.8) is 0 Å². The van der Waals surface area contributed by atoms with Gasteiger partial charge in [0.25, 0.3) is 5.69 Å². The number of hydrogen-bond donors (Lipinski definition) is 1. The third-order valence-corrected chi connectivity index (χ3v) is 5.39. The second-order valence-electron chi connectivity index (χ2n) is 5.71. The lowest BCUT2D eigenvalue weighted by atomic mass is 9.99. The molecule has 23 heavy (non-hydrogen) atoms. The van der Waals surface area contributed by atoms with Crippen molar-refractivity contribution in [3.05, 3.63) is 28.3 Å². The first-order valence-corrected chi connectivity index (χ1v) is 8.82. The second kappa shape index (κ2) is 7.24. The molecule has 0 radical (unpaired) electrons. The number of piperidine rings is 1. The number of nitrogens with one attached hydrogen (secondary N) is 1. The van der Waals surface area contributed by atoms with Gasteiger partial charge < -0.3 is 9.64 Å². The highest BCUT2D eigenvalue weighted by Gasteiger charge is 2.24. The lowest BCUT2D eigenvalue weighted by Gasteiger charge is -2.29.